The van der Waals surface area contributed by atoms with Gasteiger partial charge in [0, 0.05) is 12.5 Å². The van der Waals surface area contributed by atoms with Crippen molar-refractivity contribution in [3.63, 3.8) is 0 Å². The number of carbonyl (C=O) groups is 1. The highest BCUT2D eigenvalue weighted by molar-refractivity contribution is 5.89. The summed E-state index contributed by atoms with van der Waals surface area (Å²) >= 11 is 0. The first-order valence-electron chi connectivity index (χ1n) is 10.4. The highest BCUT2D eigenvalue weighted by atomic mass is 16.5. The number of benzene rings is 3. The number of carbonyl (C=O) groups excluding carboxylic acids is 1. The van der Waals surface area contributed by atoms with E-state index < -0.39 is 0 Å². The largest absolute Gasteiger partial charge is 0.461 e. The molecule has 1 heterocycles. The first-order valence-corrected chi connectivity index (χ1v) is 10.4. The second-order valence-corrected chi connectivity index (χ2v) is 7.56. The van der Waals surface area contributed by atoms with E-state index in [-0.39, 0.29) is 11.9 Å². The van der Waals surface area contributed by atoms with Crippen LogP contribution in [-0.4, -0.2) is 37.1 Å². The normalized spacial score (nSPS) is 14.2. The number of nitrogens with zero attached hydrogens (tertiary/aromatic N) is 1. The smallest absolute Gasteiger partial charge is 0.338 e. The molecule has 0 amide bonds. The summed E-state index contributed by atoms with van der Waals surface area (Å²) in [5.74, 6) is -0.107. The van der Waals surface area contributed by atoms with Gasteiger partial charge in [-0.25, -0.2) is 4.79 Å². The van der Waals surface area contributed by atoms with Gasteiger partial charge in [0.1, 0.15) is 6.61 Å². The molecular formula is C26H27NO2. The SMILES string of the molecule is O=C(OCCN1CCCC1)c1ccc(C(c2ccccc2)c2ccccc2)cc1. The summed E-state index contributed by atoms with van der Waals surface area (Å²) in [4.78, 5) is 14.7. The molecule has 3 aromatic rings. The Labute approximate surface area is 172 Å². The summed E-state index contributed by atoms with van der Waals surface area (Å²) in [7, 11) is 0. The molecule has 3 heteroatoms. The lowest BCUT2D eigenvalue weighted by Crippen LogP contribution is -2.25. The summed E-state index contributed by atoms with van der Waals surface area (Å²) in [6, 6.07) is 28.8. The van der Waals surface area contributed by atoms with Crippen LogP contribution in [0.25, 0.3) is 0 Å². The van der Waals surface area contributed by atoms with E-state index in [1.165, 1.54) is 24.0 Å². The van der Waals surface area contributed by atoms with Gasteiger partial charge in [0.2, 0.25) is 0 Å². The standard InChI is InChI=1S/C26H27NO2/c28-26(29-20-19-27-17-7-8-18-27)24-15-13-23(14-16-24)25(21-9-3-1-4-10-21)22-11-5-2-6-12-22/h1-6,9-16,25H,7-8,17-20H2. The van der Waals surface area contributed by atoms with Gasteiger partial charge in [-0.2, -0.15) is 0 Å². The quantitative estimate of drug-likeness (QED) is 0.418. The van der Waals surface area contributed by atoms with Crippen LogP contribution in [0.3, 0.4) is 0 Å². The molecule has 1 fully saturated rings. The van der Waals surface area contributed by atoms with E-state index in [2.05, 4.69) is 53.4 Å². The Bertz CT molecular complexity index is 861. The van der Waals surface area contributed by atoms with E-state index in [0.717, 1.165) is 25.2 Å². The zero-order valence-electron chi connectivity index (χ0n) is 16.7. The van der Waals surface area contributed by atoms with Crippen molar-refractivity contribution < 1.29 is 9.53 Å². The number of esters is 1. The van der Waals surface area contributed by atoms with Gasteiger partial charge >= 0.3 is 5.97 Å². The molecule has 0 spiro atoms. The zero-order valence-corrected chi connectivity index (χ0v) is 16.7. The molecule has 3 aromatic carbocycles. The predicted molar refractivity (Wildman–Crippen MR) is 116 cm³/mol. The Morgan fingerprint density at radius 1 is 0.759 bits per heavy atom. The van der Waals surface area contributed by atoms with E-state index in [9.17, 15) is 4.79 Å². The Kier molecular flexibility index (Phi) is 6.38. The van der Waals surface area contributed by atoms with Crippen LogP contribution >= 0.6 is 0 Å². The third kappa shape index (κ3) is 4.93. The van der Waals surface area contributed by atoms with E-state index in [1.54, 1.807) is 0 Å². The van der Waals surface area contributed by atoms with Gasteiger partial charge < -0.3 is 4.74 Å². The van der Waals surface area contributed by atoms with Gasteiger partial charge in [0.25, 0.3) is 0 Å². The van der Waals surface area contributed by atoms with Gasteiger partial charge in [-0.05, 0) is 54.8 Å². The summed E-state index contributed by atoms with van der Waals surface area (Å²) in [6.07, 6.45) is 2.50. The van der Waals surface area contributed by atoms with E-state index in [4.69, 9.17) is 4.74 Å². The number of ether oxygens (including phenoxy) is 1. The third-order valence-corrected chi connectivity index (χ3v) is 5.58. The maximum atomic E-state index is 12.4. The van der Waals surface area contributed by atoms with Gasteiger partial charge in [-0.3, -0.25) is 4.90 Å². The van der Waals surface area contributed by atoms with Crippen molar-refractivity contribution in [3.05, 3.63) is 107 Å². The molecule has 0 atom stereocenters. The lowest BCUT2D eigenvalue weighted by Gasteiger charge is -2.19. The van der Waals surface area contributed by atoms with Crippen LogP contribution in [0.5, 0.6) is 0 Å². The van der Waals surface area contributed by atoms with Crippen LogP contribution in [0, 0.1) is 0 Å². The summed E-state index contributed by atoms with van der Waals surface area (Å²) < 4.78 is 5.48. The van der Waals surface area contributed by atoms with Gasteiger partial charge in [0.15, 0.2) is 0 Å². The molecular weight excluding hydrogens is 358 g/mol. The molecule has 0 aliphatic carbocycles. The average molecular weight is 386 g/mol. The number of hydrogen-bond acceptors (Lipinski definition) is 3. The van der Waals surface area contributed by atoms with Gasteiger partial charge in [-0.15, -0.1) is 0 Å². The fourth-order valence-electron chi connectivity index (χ4n) is 4.04. The van der Waals surface area contributed by atoms with Crippen LogP contribution < -0.4 is 0 Å². The Hall–Kier alpha value is -2.91. The van der Waals surface area contributed by atoms with Crippen LogP contribution in [0.1, 0.15) is 45.8 Å². The number of rotatable bonds is 7. The highest BCUT2D eigenvalue weighted by Gasteiger charge is 2.17. The summed E-state index contributed by atoms with van der Waals surface area (Å²) in [5.41, 5.74) is 4.24. The van der Waals surface area contributed by atoms with Crippen LogP contribution in [0.2, 0.25) is 0 Å². The Morgan fingerprint density at radius 2 is 1.28 bits per heavy atom. The molecule has 1 aliphatic heterocycles. The summed E-state index contributed by atoms with van der Waals surface area (Å²) in [5, 5.41) is 0. The lowest BCUT2D eigenvalue weighted by molar-refractivity contribution is 0.0472. The van der Waals surface area contributed by atoms with E-state index >= 15 is 0 Å². The third-order valence-electron chi connectivity index (χ3n) is 5.58. The zero-order chi connectivity index (χ0) is 19.9. The molecule has 4 rings (SSSR count). The predicted octanol–water partition coefficient (Wildman–Crippen LogP) is 5.12. The Morgan fingerprint density at radius 3 is 1.83 bits per heavy atom. The minimum Gasteiger partial charge on any atom is -0.461 e. The second-order valence-electron chi connectivity index (χ2n) is 7.56. The molecule has 0 N–H and O–H groups in total. The van der Waals surface area contributed by atoms with E-state index in [0.29, 0.717) is 12.2 Å². The average Bonchev–Trinajstić information content (AvgIpc) is 3.29. The molecule has 0 radical (unpaired) electrons. The first kappa shape index (κ1) is 19.4. The molecule has 148 valence electrons. The topological polar surface area (TPSA) is 29.5 Å². The maximum Gasteiger partial charge on any atom is 0.338 e. The van der Waals surface area contributed by atoms with Crippen LogP contribution in [0.15, 0.2) is 84.9 Å². The highest BCUT2D eigenvalue weighted by Crippen LogP contribution is 2.31. The van der Waals surface area contributed by atoms with Crippen LogP contribution in [0.4, 0.5) is 0 Å². The van der Waals surface area contributed by atoms with E-state index in [1.807, 2.05) is 36.4 Å². The molecule has 0 bridgehead atoms. The maximum absolute atomic E-state index is 12.4. The molecule has 1 saturated heterocycles. The van der Waals surface area contributed by atoms with Crippen molar-refractivity contribution in [2.24, 2.45) is 0 Å². The lowest BCUT2D eigenvalue weighted by atomic mass is 9.85. The fraction of sp³-hybridized carbons (Fsp3) is 0.269. The molecule has 1 aliphatic rings. The number of hydrogen-bond donors (Lipinski definition) is 0. The van der Waals surface area contributed by atoms with Crippen molar-refractivity contribution in [1.29, 1.82) is 0 Å². The van der Waals surface area contributed by atoms with Crippen molar-refractivity contribution in [2.45, 2.75) is 18.8 Å². The van der Waals surface area contributed by atoms with Crippen LogP contribution in [-0.2, 0) is 4.74 Å². The van der Waals surface area contributed by atoms with Crippen molar-refractivity contribution >= 4 is 5.97 Å². The first-order chi connectivity index (χ1) is 14.3. The summed E-state index contributed by atoms with van der Waals surface area (Å²) in [6.45, 7) is 3.52. The minimum absolute atomic E-state index is 0.137. The van der Waals surface area contributed by atoms with Crippen molar-refractivity contribution in [3.8, 4) is 0 Å². The molecule has 29 heavy (non-hydrogen) atoms. The van der Waals surface area contributed by atoms with Crippen molar-refractivity contribution in [1.82, 2.24) is 4.90 Å². The fourth-order valence-corrected chi connectivity index (χ4v) is 4.04. The molecule has 0 unspecified atom stereocenters. The second kappa shape index (κ2) is 9.53. The van der Waals surface area contributed by atoms with Crippen molar-refractivity contribution in [2.75, 3.05) is 26.2 Å². The molecule has 0 saturated carbocycles. The Balaban J connectivity index is 1.47. The minimum atomic E-state index is -0.244. The molecule has 0 aromatic heterocycles. The monoisotopic (exact) mass is 385 g/mol. The van der Waals surface area contributed by atoms with Gasteiger partial charge in [-0.1, -0.05) is 72.8 Å². The number of likely N-dealkylation sites (tertiary alicyclic amines) is 1. The van der Waals surface area contributed by atoms with Gasteiger partial charge in [0.05, 0.1) is 5.56 Å². The molecule has 3 nitrogen and oxygen atoms in total.